The zero-order chi connectivity index (χ0) is 13.3. The molecular formula is C12H19NO5. The second-order valence-electron chi connectivity index (χ2n) is 5.01. The molecule has 102 valence electrons. The van der Waals surface area contributed by atoms with Gasteiger partial charge in [-0.05, 0) is 19.8 Å². The van der Waals surface area contributed by atoms with Crippen molar-refractivity contribution in [3.63, 3.8) is 0 Å². The molecule has 0 aromatic carbocycles. The number of carboxylic acids is 1. The molecule has 1 amide bonds. The van der Waals surface area contributed by atoms with E-state index in [1.807, 2.05) is 6.92 Å². The van der Waals surface area contributed by atoms with E-state index in [1.165, 1.54) is 4.90 Å². The van der Waals surface area contributed by atoms with Crippen LogP contribution in [0.25, 0.3) is 0 Å². The minimum atomic E-state index is -0.919. The standard InChI is InChI=1S/C12H19NO5/c1-7-3-4-10(18-7)11(14)13(2)9-6-17-5-8(9)12(15)16/h7-10H,3-6H2,1-2H3,(H,15,16). The molecule has 4 unspecified atom stereocenters. The minimum absolute atomic E-state index is 0.0995. The molecule has 2 heterocycles. The van der Waals surface area contributed by atoms with Crippen molar-refractivity contribution < 1.29 is 24.2 Å². The van der Waals surface area contributed by atoms with Crippen molar-refractivity contribution in [3.8, 4) is 0 Å². The summed E-state index contributed by atoms with van der Waals surface area (Å²) in [4.78, 5) is 24.7. The predicted octanol–water partition coefficient (Wildman–Crippen LogP) is 0.112. The Morgan fingerprint density at radius 1 is 1.28 bits per heavy atom. The van der Waals surface area contributed by atoms with Gasteiger partial charge in [0.2, 0.25) is 0 Å². The molecule has 0 aliphatic carbocycles. The van der Waals surface area contributed by atoms with Gasteiger partial charge in [0.15, 0.2) is 0 Å². The van der Waals surface area contributed by atoms with Gasteiger partial charge in [0, 0.05) is 7.05 Å². The second-order valence-corrected chi connectivity index (χ2v) is 5.01. The highest BCUT2D eigenvalue weighted by atomic mass is 16.5. The number of hydrogen-bond acceptors (Lipinski definition) is 4. The number of ether oxygens (including phenoxy) is 2. The highest BCUT2D eigenvalue weighted by molar-refractivity contribution is 5.82. The van der Waals surface area contributed by atoms with E-state index in [4.69, 9.17) is 14.6 Å². The zero-order valence-electron chi connectivity index (χ0n) is 10.7. The van der Waals surface area contributed by atoms with Gasteiger partial charge in [0.05, 0.1) is 25.4 Å². The fraction of sp³-hybridized carbons (Fsp3) is 0.833. The summed E-state index contributed by atoms with van der Waals surface area (Å²) in [6, 6.07) is -0.394. The number of carbonyl (C=O) groups is 2. The number of likely N-dealkylation sites (N-methyl/N-ethyl adjacent to an activating group) is 1. The van der Waals surface area contributed by atoms with E-state index >= 15 is 0 Å². The maximum absolute atomic E-state index is 12.2. The average molecular weight is 257 g/mol. The molecule has 2 aliphatic heterocycles. The van der Waals surface area contributed by atoms with Crippen molar-refractivity contribution >= 4 is 11.9 Å². The Balaban J connectivity index is 2.00. The van der Waals surface area contributed by atoms with Gasteiger partial charge in [0.1, 0.15) is 12.0 Å². The molecule has 6 heteroatoms. The van der Waals surface area contributed by atoms with Crippen molar-refractivity contribution in [2.24, 2.45) is 5.92 Å². The van der Waals surface area contributed by atoms with Crippen LogP contribution in [0.4, 0.5) is 0 Å². The van der Waals surface area contributed by atoms with Crippen molar-refractivity contribution in [2.45, 2.75) is 38.0 Å². The molecule has 1 N–H and O–H groups in total. The van der Waals surface area contributed by atoms with Crippen LogP contribution in [0.3, 0.4) is 0 Å². The largest absolute Gasteiger partial charge is 0.481 e. The molecule has 6 nitrogen and oxygen atoms in total. The molecule has 0 bridgehead atoms. The van der Waals surface area contributed by atoms with Crippen molar-refractivity contribution in [3.05, 3.63) is 0 Å². The third-order valence-electron chi connectivity index (χ3n) is 3.72. The summed E-state index contributed by atoms with van der Waals surface area (Å²) in [5.41, 5.74) is 0. The third kappa shape index (κ3) is 2.49. The van der Waals surface area contributed by atoms with Gasteiger partial charge in [-0.2, -0.15) is 0 Å². The Morgan fingerprint density at radius 2 is 2.00 bits per heavy atom. The second kappa shape index (κ2) is 5.24. The van der Waals surface area contributed by atoms with Crippen molar-refractivity contribution in [2.75, 3.05) is 20.3 Å². The molecule has 4 atom stereocenters. The van der Waals surface area contributed by atoms with Gasteiger partial charge >= 0.3 is 5.97 Å². The average Bonchev–Trinajstić information content (AvgIpc) is 2.95. The van der Waals surface area contributed by atoms with Crippen LogP contribution in [0.1, 0.15) is 19.8 Å². The predicted molar refractivity (Wildman–Crippen MR) is 62.1 cm³/mol. The smallest absolute Gasteiger partial charge is 0.311 e. The van der Waals surface area contributed by atoms with Crippen LogP contribution in [0.5, 0.6) is 0 Å². The van der Waals surface area contributed by atoms with Gasteiger partial charge in [-0.3, -0.25) is 9.59 Å². The maximum atomic E-state index is 12.2. The first-order valence-electron chi connectivity index (χ1n) is 6.23. The van der Waals surface area contributed by atoms with Crippen LogP contribution in [0.15, 0.2) is 0 Å². The van der Waals surface area contributed by atoms with Gasteiger partial charge in [-0.1, -0.05) is 0 Å². The lowest BCUT2D eigenvalue weighted by molar-refractivity contribution is -0.148. The van der Waals surface area contributed by atoms with Crippen LogP contribution >= 0.6 is 0 Å². The first-order chi connectivity index (χ1) is 8.50. The quantitative estimate of drug-likeness (QED) is 0.776. The lowest BCUT2D eigenvalue weighted by atomic mass is 10.0. The topological polar surface area (TPSA) is 76.1 Å². The summed E-state index contributed by atoms with van der Waals surface area (Å²) < 4.78 is 10.7. The van der Waals surface area contributed by atoms with Crippen LogP contribution < -0.4 is 0 Å². The molecule has 0 aromatic rings. The molecule has 0 aromatic heterocycles. The number of aliphatic carboxylic acids is 1. The number of hydrogen-bond donors (Lipinski definition) is 1. The van der Waals surface area contributed by atoms with Crippen LogP contribution in [-0.2, 0) is 19.1 Å². The number of carbonyl (C=O) groups excluding carboxylic acids is 1. The van der Waals surface area contributed by atoms with Gasteiger partial charge in [0.25, 0.3) is 5.91 Å². The van der Waals surface area contributed by atoms with Crippen molar-refractivity contribution in [1.82, 2.24) is 4.90 Å². The summed E-state index contributed by atoms with van der Waals surface area (Å²) in [7, 11) is 1.63. The summed E-state index contributed by atoms with van der Waals surface area (Å²) in [5, 5.41) is 9.07. The fourth-order valence-electron chi connectivity index (χ4n) is 2.54. The molecule has 2 fully saturated rings. The molecule has 2 saturated heterocycles. The summed E-state index contributed by atoms with van der Waals surface area (Å²) in [6.45, 7) is 2.38. The number of rotatable bonds is 3. The number of carboxylic acid groups (broad SMARTS) is 1. The Kier molecular flexibility index (Phi) is 3.87. The highest BCUT2D eigenvalue weighted by Crippen LogP contribution is 2.24. The fourth-order valence-corrected chi connectivity index (χ4v) is 2.54. The number of nitrogens with zero attached hydrogens (tertiary/aromatic N) is 1. The lowest BCUT2D eigenvalue weighted by Crippen LogP contribution is -2.47. The molecule has 0 spiro atoms. The Bertz CT molecular complexity index is 345. The van der Waals surface area contributed by atoms with E-state index in [0.29, 0.717) is 6.42 Å². The molecule has 0 saturated carbocycles. The van der Waals surface area contributed by atoms with Gasteiger partial charge in [-0.25, -0.2) is 0 Å². The monoisotopic (exact) mass is 257 g/mol. The first kappa shape index (κ1) is 13.3. The Morgan fingerprint density at radius 3 is 2.56 bits per heavy atom. The van der Waals surface area contributed by atoms with E-state index in [9.17, 15) is 9.59 Å². The Labute approximate surface area is 106 Å². The molecule has 18 heavy (non-hydrogen) atoms. The molecule has 0 radical (unpaired) electrons. The van der Waals surface area contributed by atoms with Crippen LogP contribution in [-0.4, -0.2) is 60.4 Å². The van der Waals surface area contributed by atoms with E-state index in [1.54, 1.807) is 7.05 Å². The van der Waals surface area contributed by atoms with Gasteiger partial charge in [-0.15, -0.1) is 0 Å². The SMILES string of the molecule is CC1CCC(C(=O)N(C)C2COCC2C(=O)O)O1. The summed E-state index contributed by atoms with van der Waals surface area (Å²) in [6.07, 6.45) is 1.24. The van der Waals surface area contributed by atoms with Crippen molar-refractivity contribution in [1.29, 1.82) is 0 Å². The minimum Gasteiger partial charge on any atom is -0.481 e. The Hall–Kier alpha value is -1.14. The summed E-state index contributed by atoms with van der Waals surface area (Å²) >= 11 is 0. The highest BCUT2D eigenvalue weighted by Gasteiger charge is 2.41. The van der Waals surface area contributed by atoms with Crippen LogP contribution in [0.2, 0.25) is 0 Å². The van der Waals surface area contributed by atoms with E-state index < -0.39 is 24.0 Å². The molecular weight excluding hydrogens is 238 g/mol. The van der Waals surface area contributed by atoms with Crippen LogP contribution in [0, 0.1) is 5.92 Å². The maximum Gasteiger partial charge on any atom is 0.311 e. The first-order valence-corrected chi connectivity index (χ1v) is 6.23. The van der Waals surface area contributed by atoms with Gasteiger partial charge < -0.3 is 19.5 Å². The normalized spacial score (nSPS) is 35.7. The van der Waals surface area contributed by atoms with E-state index in [-0.39, 0.29) is 25.2 Å². The third-order valence-corrected chi connectivity index (χ3v) is 3.72. The molecule has 2 aliphatic rings. The number of amides is 1. The lowest BCUT2D eigenvalue weighted by Gasteiger charge is -2.28. The van der Waals surface area contributed by atoms with E-state index in [2.05, 4.69) is 0 Å². The molecule has 2 rings (SSSR count). The summed E-state index contributed by atoms with van der Waals surface area (Å²) in [5.74, 6) is -1.70. The van der Waals surface area contributed by atoms with E-state index in [0.717, 1.165) is 6.42 Å². The zero-order valence-corrected chi connectivity index (χ0v) is 10.7.